The molecule has 0 unspecified atom stereocenters. The minimum atomic E-state index is 0.231. The topological polar surface area (TPSA) is 61.0 Å². The number of aromatic nitrogens is 3. The van der Waals surface area contributed by atoms with Crippen LogP contribution in [0.2, 0.25) is 0 Å². The van der Waals surface area contributed by atoms with Gasteiger partial charge < -0.3 is 4.90 Å². The predicted molar refractivity (Wildman–Crippen MR) is 84.4 cm³/mol. The molecular formula is C16H20N6. The van der Waals surface area contributed by atoms with Gasteiger partial charge >= 0.3 is 0 Å². The molecule has 1 aliphatic rings. The minimum Gasteiger partial charge on any atom is -0.369 e. The molecule has 2 heterocycles. The highest BCUT2D eigenvalue weighted by Gasteiger charge is 2.19. The minimum absolute atomic E-state index is 0.231. The molecule has 0 spiro atoms. The fourth-order valence-electron chi connectivity index (χ4n) is 2.83. The first-order valence-corrected chi connectivity index (χ1v) is 7.50. The normalized spacial score (nSPS) is 15.8. The molecule has 0 amide bonds. The van der Waals surface area contributed by atoms with E-state index in [0.717, 1.165) is 26.2 Å². The summed E-state index contributed by atoms with van der Waals surface area (Å²) in [5.41, 5.74) is 4.05. The van der Waals surface area contributed by atoms with Crippen molar-refractivity contribution >= 4 is 5.69 Å². The standard InChI is InChI=1S/C16H20N6/c1-13-4-3-5-15(14(13)2)21-8-6-20(7-9-21)12-22-11-18-16(10-17)19-22/h3-5,11H,6-9,12H2,1-2H3. The molecule has 1 fully saturated rings. The van der Waals surface area contributed by atoms with Crippen LogP contribution in [-0.4, -0.2) is 45.8 Å². The van der Waals surface area contributed by atoms with Crippen molar-refractivity contribution in [3.8, 4) is 6.07 Å². The Morgan fingerprint density at radius 1 is 1.18 bits per heavy atom. The summed E-state index contributed by atoms with van der Waals surface area (Å²) in [6.45, 7) is 9.01. The summed E-state index contributed by atoms with van der Waals surface area (Å²) in [5.74, 6) is 0.231. The summed E-state index contributed by atoms with van der Waals surface area (Å²) in [4.78, 5) is 8.71. The Hall–Kier alpha value is -2.39. The van der Waals surface area contributed by atoms with E-state index in [9.17, 15) is 0 Å². The van der Waals surface area contributed by atoms with Crippen LogP contribution in [-0.2, 0) is 6.67 Å². The summed E-state index contributed by atoms with van der Waals surface area (Å²) in [7, 11) is 0. The molecule has 0 saturated carbocycles. The van der Waals surface area contributed by atoms with Gasteiger partial charge in [-0.15, -0.1) is 5.10 Å². The van der Waals surface area contributed by atoms with Gasteiger partial charge in [-0.1, -0.05) is 12.1 Å². The molecular weight excluding hydrogens is 276 g/mol. The molecule has 3 rings (SSSR count). The van der Waals surface area contributed by atoms with Gasteiger partial charge in [0.25, 0.3) is 5.82 Å². The van der Waals surface area contributed by atoms with E-state index in [4.69, 9.17) is 5.26 Å². The van der Waals surface area contributed by atoms with Crippen LogP contribution >= 0.6 is 0 Å². The highest BCUT2D eigenvalue weighted by Crippen LogP contribution is 2.23. The molecule has 1 aromatic heterocycles. The van der Waals surface area contributed by atoms with Gasteiger partial charge in [0, 0.05) is 31.9 Å². The van der Waals surface area contributed by atoms with Crippen LogP contribution in [0.4, 0.5) is 5.69 Å². The van der Waals surface area contributed by atoms with Gasteiger partial charge in [-0.05, 0) is 31.0 Å². The largest absolute Gasteiger partial charge is 0.369 e. The summed E-state index contributed by atoms with van der Waals surface area (Å²) < 4.78 is 1.73. The van der Waals surface area contributed by atoms with Gasteiger partial charge in [0.1, 0.15) is 12.4 Å². The third kappa shape index (κ3) is 2.95. The maximum absolute atomic E-state index is 8.76. The van der Waals surface area contributed by atoms with E-state index in [1.807, 2.05) is 6.07 Å². The van der Waals surface area contributed by atoms with E-state index < -0.39 is 0 Å². The number of hydrogen-bond acceptors (Lipinski definition) is 5. The fraction of sp³-hybridized carbons (Fsp3) is 0.438. The van der Waals surface area contributed by atoms with Crippen LogP contribution in [0, 0.1) is 25.2 Å². The van der Waals surface area contributed by atoms with Crippen molar-refractivity contribution in [1.29, 1.82) is 5.26 Å². The maximum atomic E-state index is 8.76. The van der Waals surface area contributed by atoms with Gasteiger partial charge in [-0.3, -0.25) is 4.90 Å². The number of piperazine rings is 1. The van der Waals surface area contributed by atoms with Crippen LogP contribution in [0.3, 0.4) is 0 Å². The number of nitriles is 1. The first-order valence-electron chi connectivity index (χ1n) is 7.50. The third-order valence-electron chi connectivity index (χ3n) is 4.27. The van der Waals surface area contributed by atoms with Gasteiger partial charge in [0.05, 0.1) is 6.67 Å². The third-order valence-corrected chi connectivity index (χ3v) is 4.27. The van der Waals surface area contributed by atoms with Crippen LogP contribution in [0.15, 0.2) is 24.5 Å². The fourth-order valence-corrected chi connectivity index (χ4v) is 2.83. The Kier molecular flexibility index (Phi) is 4.07. The highest BCUT2D eigenvalue weighted by molar-refractivity contribution is 5.56. The second kappa shape index (κ2) is 6.16. The Morgan fingerprint density at radius 2 is 1.95 bits per heavy atom. The highest BCUT2D eigenvalue weighted by atomic mass is 15.4. The lowest BCUT2D eigenvalue weighted by atomic mass is 10.1. The summed E-state index contributed by atoms with van der Waals surface area (Å²) in [6.07, 6.45) is 1.62. The average molecular weight is 296 g/mol. The SMILES string of the molecule is Cc1cccc(N2CCN(Cn3cnc(C#N)n3)CC2)c1C. The predicted octanol–water partition coefficient (Wildman–Crippen LogP) is 1.55. The van der Waals surface area contributed by atoms with E-state index in [-0.39, 0.29) is 5.82 Å². The van der Waals surface area contributed by atoms with Gasteiger partial charge in [0.2, 0.25) is 0 Å². The summed E-state index contributed by atoms with van der Waals surface area (Å²) >= 11 is 0. The molecule has 0 bridgehead atoms. The molecule has 0 N–H and O–H groups in total. The van der Waals surface area contributed by atoms with Crippen molar-refractivity contribution < 1.29 is 0 Å². The van der Waals surface area contributed by atoms with E-state index in [2.05, 4.69) is 51.9 Å². The van der Waals surface area contributed by atoms with Gasteiger partial charge in [-0.2, -0.15) is 5.26 Å². The van der Waals surface area contributed by atoms with E-state index >= 15 is 0 Å². The maximum Gasteiger partial charge on any atom is 0.252 e. The second-order valence-electron chi connectivity index (χ2n) is 5.68. The number of rotatable bonds is 3. The smallest absolute Gasteiger partial charge is 0.252 e. The molecule has 0 atom stereocenters. The summed E-state index contributed by atoms with van der Waals surface area (Å²) in [5, 5.41) is 12.9. The van der Waals surface area contributed by atoms with Crippen LogP contribution in [0.5, 0.6) is 0 Å². The molecule has 0 aliphatic carbocycles. The molecule has 1 aromatic carbocycles. The van der Waals surface area contributed by atoms with Crippen LogP contribution < -0.4 is 4.90 Å². The molecule has 6 heteroatoms. The monoisotopic (exact) mass is 296 g/mol. The van der Waals surface area contributed by atoms with E-state index in [0.29, 0.717) is 6.67 Å². The number of benzene rings is 1. The van der Waals surface area contributed by atoms with Crippen molar-refractivity contribution in [2.75, 3.05) is 31.1 Å². The number of anilines is 1. The van der Waals surface area contributed by atoms with Crippen LogP contribution in [0.25, 0.3) is 0 Å². The lowest BCUT2D eigenvalue weighted by Gasteiger charge is -2.36. The van der Waals surface area contributed by atoms with Crippen molar-refractivity contribution in [3.05, 3.63) is 41.5 Å². The first-order chi connectivity index (χ1) is 10.7. The Bertz CT molecular complexity index is 691. The molecule has 22 heavy (non-hydrogen) atoms. The Labute approximate surface area is 130 Å². The molecule has 1 aliphatic heterocycles. The Morgan fingerprint density at radius 3 is 2.64 bits per heavy atom. The van der Waals surface area contributed by atoms with Crippen molar-refractivity contribution in [3.63, 3.8) is 0 Å². The number of hydrogen-bond donors (Lipinski definition) is 0. The molecule has 2 aromatic rings. The summed E-state index contributed by atoms with van der Waals surface area (Å²) in [6, 6.07) is 8.44. The number of aryl methyl sites for hydroxylation is 1. The quantitative estimate of drug-likeness (QED) is 0.860. The number of nitrogens with zero attached hydrogens (tertiary/aromatic N) is 6. The van der Waals surface area contributed by atoms with Crippen molar-refractivity contribution in [2.24, 2.45) is 0 Å². The van der Waals surface area contributed by atoms with Crippen LogP contribution in [0.1, 0.15) is 17.0 Å². The zero-order chi connectivity index (χ0) is 15.5. The first kappa shape index (κ1) is 14.5. The van der Waals surface area contributed by atoms with Crippen molar-refractivity contribution in [2.45, 2.75) is 20.5 Å². The lowest BCUT2D eigenvalue weighted by Crippen LogP contribution is -2.47. The molecule has 114 valence electrons. The zero-order valence-corrected chi connectivity index (χ0v) is 13.0. The van der Waals surface area contributed by atoms with Gasteiger partial charge in [0.15, 0.2) is 0 Å². The molecule has 1 saturated heterocycles. The van der Waals surface area contributed by atoms with E-state index in [1.165, 1.54) is 16.8 Å². The second-order valence-corrected chi connectivity index (χ2v) is 5.68. The zero-order valence-electron chi connectivity index (χ0n) is 13.0. The molecule has 0 radical (unpaired) electrons. The molecule has 6 nitrogen and oxygen atoms in total. The average Bonchev–Trinajstić information content (AvgIpc) is 2.99. The van der Waals surface area contributed by atoms with Gasteiger partial charge in [-0.25, -0.2) is 9.67 Å². The lowest BCUT2D eigenvalue weighted by molar-refractivity contribution is 0.195. The van der Waals surface area contributed by atoms with E-state index in [1.54, 1.807) is 11.0 Å². The Balaban J connectivity index is 1.60. The van der Waals surface area contributed by atoms with Crippen molar-refractivity contribution in [1.82, 2.24) is 19.7 Å².